The summed E-state index contributed by atoms with van der Waals surface area (Å²) in [5.74, 6) is -0.530. The van der Waals surface area contributed by atoms with E-state index in [9.17, 15) is 15.0 Å². The van der Waals surface area contributed by atoms with Gasteiger partial charge in [0.15, 0.2) is 0 Å². The normalized spacial score (nSPS) is 38.0. The molecule has 0 bridgehead atoms. The standard InChI is InChI=1S/C8H14O6/c1-13-6(10)2-5-8(12)7(11)4(9)3-14-5/h4-5,7-9,11-12H,2-3H2,1H3. The molecule has 1 fully saturated rings. The number of carbonyl (C=O) groups excluding carboxylic acids is 1. The number of aliphatic hydroxyl groups excluding tert-OH is 3. The molecule has 0 aromatic heterocycles. The van der Waals surface area contributed by atoms with Crippen LogP contribution >= 0.6 is 0 Å². The minimum Gasteiger partial charge on any atom is -0.469 e. The number of ether oxygens (including phenoxy) is 2. The molecule has 0 radical (unpaired) electrons. The third kappa shape index (κ3) is 2.42. The highest BCUT2D eigenvalue weighted by atomic mass is 16.5. The Balaban J connectivity index is 2.50. The summed E-state index contributed by atoms with van der Waals surface area (Å²) in [6.45, 7) is -0.0973. The highest BCUT2D eigenvalue weighted by molar-refractivity contribution is 5.69. The third-order valence-electron chi connectivity index (χ3n) is 2.20. The fourth-order valence-corrected chi connectivity index (χ4v) is 1.29. The van der Waals surface area contributed by atoms with E-state index >= 15 is 0 Å². The van der Waals surface area contributed by atoms with Gasteiger partial charge in [-0.15, -0.1) is 0 Å². The first-order valence-electron chi connectivity index (χ1n) is 4.29. The monoisotopic (exact) mass is 206 g/mol. The molecule has 0 saturated carbocycles. The zero-order valence-electron chi connectivity index (χ0n) is 7.79. The van der Waals surface area contributed by atoms with Crippen LogP contribution in [-0.2, 0) is 14.3 Å². The minimum atomic E-state index is -1.28. The van der Waals surface area contributed by atoms with Crippen LogP contribution in [0.1, 0.15) is 6.42 Å². The van der Waals surface area contributed by atoms with E-state index in [0.29, 0.717) is 0 Å². The Kier molecular flexibility index (Phi) is 3.82. The van der Waals surface area contributed by atoms with E-state index in [2.05, 4.69) is 4.74 Å². The molecule has 1 heterocycles. The predicted molar refractivity (Wildman–Crippen MR) is 44.4 cm³/mol. The number of hydrogen-bond acceptors (Lipinski definition) is 6. The highest BCUT2D eigenvalue weighted by Gasteiger charge is 2.38. The van der Waals surface area contributed by atoms with Gasteiger partial charge in [-0.05, 0) is 0 Å². The lowest BCUT2D eigenvalue weighted by Gasteiger charge is -2.34. The maximum absolute atomic E-state index is 10.9. The lowest BCUT2D eigenvalue weighted by atomic mass is 9.98. The van der Waals surface area contributed by atoms with E-state index in [0.717, 1.165) is 0 Å². The molecule has 14 heavy (non-hydrogen) atoms. The quantitative estimate of drug-likeness (QED) is 0.454. The van der Waals surface area contributed by atoms with Gasteiger partial charge in [0.25, 0.3) is 0 Å². The molecule has 4 atom stereocenters. The van der Waals surface area contributed by atoms with E-state index in [-0.39, 0.29) is 13.0 Å². The van der Waals surface area contributed by atoms with Crippen molar-refractivity contribution in [2.24, 2.45) is 0 Å². The Morgan fingerprint density at radius 3 is 2.64 bits per heavy atom. The predicted octanol–water partition coefficient (Wildman–Crippen LogP) is -1.97. The molecular weight excluding hydrogens is 192 g/mol. The number of rotatable bonds is 2. The molecule has 82 valence electrons. The molecule has 6 heteroatoms. The van der Waals surface area contributed by atoms with Crippen LogP contribution in [-0.4, -0.2) is 59.4 Å². The van der Waals surface area contributed by atoms with Gasteiger partial charge in [0, 0.05) is 0 Å². The fourth-order valence-electron chi connectivity index (χ4n) is 1.29. The Morgan fingerprint density at radius 2 is 2.07 bits per heavy atom. The molecule has 1 aliphatic rings. The van der Waals surface area contributed by atoms with Crippen molar-refractivity contribution in [3.05, 3.63) is 0 Å². The van der Waals surface area contributed by atoms with Gasteiger partial charge in [0.05, 0.1) is 26.2 Å². The first-order chi connectivity index (χ1) is 6.56. The van der Waals surface area contributed by atoms with Gasteiger partial charge in [-0.3, -0.25) is 4.79 Å². The second-order valence-corrected chi connectivity index (χ2v) is 3.20. The summed E-state index contributed by atoms with van der Waals surface area (Å²) in [7, 11) is 1.23. The molecule has 0 spiro atoms. The van der Waals surface area contributed by atoms with E-state index in [1.807, 2.05) is 0 Å². The lowest BCUT2D eigenvalue weighted by molar-refractivity contribution is -0.192. The van der Waals surface area contributed by atoms with Crippen LogP contribution in [0.4, 0.5) is 0 Å². The lowest BCUT2D eigenvalue weighted by Crippen LogP contribution is -2.53. The number of hydrogen-bond donors (Lipinski definition) is 3. The molecule has 1 rings (SSSR count). The van der Waals surface area contributed by atoms with Crippen LogP contribution in [0.25, 0.3) is 0 Å². The Hall–Kier alpha value is -0.690. The second kappa shape index (κ2) is 4.70. The smallest absolute Gasteiger partial charge is 0.308 e. The number of methoxy groups -OCH3 is 1. The van der Waals surface area contributed by atoms with Crippen LogP contribution in [0.15, 0.2) is 0 Å². The van der Waals surface area contributed by atoms with Crippen LogP contribution in [0.3, 0.4) is 0 Å². The summed E-state index contributed by atoms with van der Waals surface area (Å²) in [5.41, 5.74) is 0. The van der Waals surface area contributed by atoms with Crippen molar-refractivity contribution in [1.82, 2.24) is 0 Å². The van der Waals surface area contributed by atoms with Crippen molar-refractivity contribution in [3.63, 3.8) is 0 Å². The van der Waals surface area contributed by atoms with E-state index in [4.69, 9.17) is 9.84 Å². The van der Waals surface area contributed by atoms with Crippen molar-refractivity contribution in [2.75, 3.05) is 13.7 Å². The van der Waals surface area contributed by atoms with Gasteiger partial charge >= 0.3 is 5.97 Å². The molecule has 3 N–H and O–H groups in total. The number of carbonyl (C=O) groups is 1. The Morgan fingerprint density at radius 1 is 1.43 bits per heavy atom. The SMILES string of the molecule is COC(=O)CC1OCC(O)C(O)C1O. The minimum absolute atomic E-state index is 0.0973. The van der Waals surface area contributed by atoms with Gasteiger partial charge in [-0.2, -0.15) is 0 Å². The van der Waals surface area contributed by atoms with Crippen molar-refractivity contribution in [1.29, 1.82) is 0 Å². The molecule has 0 aromatic rings. The van der Waals surface area contributed by atoms with Crippen molar-refractivity contribution < 1.29 is 29.6 Å². The molecule has 0 aliphatic carbocycles. The molecular formula is C8H14O6. The van der Waals surface area contributed by atoms with Crippen molar-refractivity contribution in [2.45, 2.75) is 30.8 Å². The summed E-state index contributed by atoms with van der Waals surface area (Å²) in [5, 5.41) is 27.8. The highest BCUT2D eigenvalue weighted by Crippen LogP contribution is 2.18. The van der Waals surface area contributed by atoms with Crippen LogP contribution in [0, 0.1) is 0 Å². The molecule has 0 aromatic carbocycles. The van der Waals surface area contributed by atoms with Crippen molar-refractivity contribution in [3.8, 4) is 0 Å². The van der Waals surface area contributed by atoms with Crippen LogP contribution < -0.4 is 0 Å². The average molecular weight is 206 g/mol. The zero-order valence-corrected chi connectivity index (χ0v) is 7.79. The largest absolute Gasteiger partial charge is 0.469 e. The van der Waals surface area contributed by atoms with E-state index in [1.165, 1.54) is 7.11 Å². The first-order valence-corrected chi connectivity index (χ1v) is 4.29. The molecule has 6 nitrogen and oxygen atoms in total. The maximum atomic E-state index is 10.9. The van der Waals surface area contributed by atoms with Crippen LogP contribution in [0.2, 0.25) is 0 Å². The second-order valence-electron chi connectivity index (χ2n) is 3.20. The fraction of sp³-hybridized carbons (Fsp3) is 0.875. The summed E-state index contributed by atoms with van der Waals surface area (Å²) < 4.78 is 9.37. The average Bonchev–Trinajstić information content (AvgIpc) is 2.19. The first kappa shape index (κ1) is 11.4. The van der Waals surface area contributed by atoms with E-state index < -0.39 is 30.4 Å². The van der Waals surface area contributed by atoms with Gasteiger partial charge in [0.2, 0.25) is 0 Å². The van der Waals surface area contributed by atoms with Gasteiger partial charge < -0.3 is 24.8 Å². The van der Waals surface area contributed by atoms with Crippen LogP contribution in [0.5, 0.6) is 0 Å². The maximum Gasteiger partial charge on any atom is 0.308 e. The van der Waals surface area contributed by atoms with E-state index in [1.54, 1.807) is 0 Å². The molecule has 1 saturated heterocycles. The summed E-state index contributed by atoms with van der Waals surface area (Å²) in [6, 6.07) is 0. The third-order valence-corrected chi connectivity index (χ3v) is 2.20. The Bertz CT molecular complexity index is 206. The van der Waals surface area contributed by atoms with Gasteiger partial charge in [-0.1, -0.05) is 0 Å². The topological polar surface area (TPSA) is 96.2 Å². The molecule has 1 aliphatic heterocycles. The van der Waals surface area contributed by atoms with Gasteiger partial charge in [0.1, 0.15) is 18.3 Å². The summed E-state index contributed by atoms with van der Waals surface area (Å²) >= 11 is 0. The number of esters is 1. The number of aliphatic hydroxyl groups is 3. The molecule has 0 amide bonds. The molecule has 4 unspecified atom stereocenters. The van der Waals surface area contributed by atoms with Gasteiger partial charge in [-0.25, -0.2) is 0 Å². The Labute approximate surface area is 81.1 Å². The summed E-state index contributed by atoms with van der Waals surface area (Å²) in [4.78, 5) is 10.9. The zero-order chi connectivity index (χ0) is 10.7. The summed E-state index contributed by atoms with van der Waals surface area (Å²) in [6.07, 6.45) is -4.61. The van der Waals surface area contributed by atoms with Crippen molar-refractivity contribution >= 4 is 5.97 Å².